The van der Waals surface area contributed by atoms with Crippen LogP contribution in [0, 0.1) is 0 Å². The summed E-state index contributed by atoms with van der Waals surface area (Å²) < 4.78 is 6.64. The van der Waals surface area contributed by atoms with Gasteiger partial charge in [-0.25, -0.2) is 0 Å². The van der Waals surface area contributed by atoms with Crippen molar-refractivity contribution in [2.24, 2.45) is 0 Å². The van der Waals surface area contributed by atoms with E-state index in [1.54, 1.807) is 0 Å². The van der Waals surface area contributed by atoms with Crippen LogP contribution in [0.1, 0.15) is 24.2 Å². The first-order chi connectivity index (χ1) is 6.02. The molecule has 0 spiro atoms. The monoisotopic (exact) mass is 281 g/mol. The molecule has 13 heavy (non-hydrogen) atoms. The zero-order valence-electron chi connectivity index (χ0n) is 7.55. The number of carbonyl (C=O) groups excluding carboxylic acids is 1. The van der Waals surface area contributed by atoms with Gasteiger partial charge in [0.25, 0.3) is 0 Å². The second-order valence-corrected chi connectivity index (χ2v) is 5.16. The molecule has 1 aliphatic heterocycles. The van der Waals surface area contributed by atoms with E-state index in [9.17, 15) is 4.79 Å². The Morgan fingerprint density at radius 1 is 1.38 bits per heavy atom. The van der Waals surface area contributed by atoms with E-state index in [-0.39, 0.29) is 5.78 Å². The summed E-state index contributed by atoms with van der Waals surface area (Å²) in [5, 5.41) is 0. The number of benzene rings is 1. The van der Waals surface area contributed by atoms with Gasteiger partial charge in [0.15, 0.2) is 0 Å². The van der Waals surface area contributed by atoms with E-state index >= 15 is 0 Å². The summed E-state index contributed by atoms with van der Waals surface area (Å²) in [5.74, 6) is 0.846. The number of carbonyl (C=O) groups is 1. The molecule has 1 aromatic rings. The van der Waals surface area contributed by atoms with Gasteiger partial charge in [-0.1, -0.05) is 0 Å². The summed E-state index contributed by atoms with van der Waals surface area (Å²) in [5.41, 5.74) is 0.111. The van der Waals surface area contributed by atoms with Crippen molar-refractivity contribution in [3.8, 4) is 5.75 Å². The Hall–Kier alpha value is -0.511. The minimum atomic E-state index is -0.672. The maximum absolute atomic E-state index is 11.8. The molecule has 0 atom stereocenters. The van der Waals surface area contributed by atoms with Gasteiger partial charge in [0, 0.05) is 0 Å². The van der Waals surface area contributed by atoms with Gasteiger partial charge in [-0.15, -0.1) is 0 Å². The first-order valence-electron chi connectivity index (χ1n) is 4.11. The molecular formula is C10H9O2Sn. The Morgan fingerprint density at radius 3 is 2.69 bits per heavy atom. The van der Waals surface area contributed by atoms with Crippen molar-refractivity contribution in [3.63, 3.8) is 0 Å². The molecule has 0 unspecified atom stereocenters. The molecule has 1 heterocycles. The molecule has 0 bridgehead atoms. The number of hydrogen-bond acceptors (Lipinski definition) is 2. The first kappa shape index (κ1) is 9.06. The second-order valence-electron chi connectivity index (χ2n) is 3.62. The summed E-state index contributed by atoms with van der Waals surface area (Å²) >= 11 is 1.26. The van der Waals surface area contributed by atoms with E-state index < -0.39 is 5.60 Å². The predicted octanol–water partition coefficient (Wildman–Crippen LogP) is 0.834. The van der Waals surface area contributed by atoms with Crippen LogP contribution < -0.4 is 8.32 Å². The zero-order valence-corrected chi connectivity index (χ0v) is 10.4. The first-order valence-corrected chi connectivity index (χ1v) is 5.53. The molecule has 0 fully saturated rings. The van der Waals surface area contributed by atoms with Crippen LogP contribution in [0.25, 0.3) is 0 Å². The Kier molecular flexibility index (Phi) is 1.91. The number of hydrogen-bond donors (Lipinski definition) is 0. The number of rotatable bonds is 0. The van der Waals surface area contributed by atoms with Gasteiger partial charge in [0.2, 0.25) is 0 Å². The molecule has 0 aliphatic carbocycles. The van der Waals surface area contributed by atoms with Crippen LogP contribution in [0.2, 0.25) is 0 Å². The SMILES string of the molecule is CC1(C)Oc2ccc[c]([Sn])c2C1=O. The van der Waals surface area contributed by atoms with Crippen LogP contribution in [0.4, 0.5) is 0 Å². The van der Waals surface area contributed by atoms with E-state index in [1.165, 1.54) is 22.5 Å². The number of ether oxygens (including phenoxy) is 1. The molecule has 3 heteroatoms. The third-order valence-electron chi connectivity index (χ3n) is 2.17. The van der Waals surface area contributed by atoms with Gasteiger partial charge >= 0.3 is 90.4 Å². The normalized spacial score (nSPS) is 18.2. The van der Waals surface area contributed by atoms with Crippen molar-refractivity contribution in [3.05, 3.63) is 23.8 Å². The molecule has 65 valence electrons. The Balaban J connectivity index is 2.64. The van der Waals surface area contributed by atoms with Crippen LogP contribution in [0.15, 0.2) is 18.2 Å². The Bertz CT molecular complexity index is 383. The fraction of sp³-hybridized carbons (Fsp3) is 0.300. The minimum absolute atomic E-state index is 0.106. The van der Waals surface area contributed by atoms with Gasteiger partial charge < -0.3 is 0 Å². The molecule has 1 aliphatic rings. The van der Waals surface area contributed by atoms with Crippen LogP contribution >= 0.6 is 0 Å². The Morgan fingerprint density at radius 2 is 2.08 bits per heavy atom. The fourth-order valence-corrected chi connectivity index (χ4v) is 2.42. The molecule has 1 aromatic carbocycles. The van der Waals surface area contributed by atoms with Crippen molar-refractivity contribution < 1.29 is 9.53 Å². The molecule has 0 aromatic heterocycles. The van der Waals surface area contributed by atoms with Crippen LogP contribution in [-0.2, 0) is 0 Å². The number of fused-ring (bicyclic) bond motifs is 1. The summed E-state index contributed by atoms with van der Waals surface area (Å²) in [6, 6.07) is 5.76. The molecular weight excluding hydrogens is 271 g/mol. The zero-order chi connectivity index (χ0) is 9.64. The van der Waals surface area contributed by atoms with E-state index in [0.29, 0.717) is 0 Å². The van der Waals surface area contributed by atoms with Crippen molar-refractivity contribution in [2.75, 3.05) is 0 Å². The van der Waals surface area contributed by atoms with E-state index in [0.717, 1.165) is 14.9 Å². The molecule has 2 nitrogen and oxygen atoms in total. The standard InChI is InChI=1S/C10H9O2.Sn/c1-10(2)9(11)7-5-3-4-6-8(7)12-10;/h3-4,6H,1-2H3;. The molecule has 3 radical (unpaired) electrons. The number of Topliss-reactive ketones (excluding diaryl/α,β-unsaturated/α-hetero) is 1. The fourth-order valence-electron chi connectivity index (χ4n) is 1.47. The van der Waals surface area contributed by atoms with E-state index in [1.807, 2.05) is 32.0 Å². The summed E-state index contributed by atoms with van der Waals surface area (Å²) in [4.78, 5) is 11.8. The van der Waals surface area contributed by atoms with Crippen LogP contribution in [0.5, 0.6) is 5.75 Å². The van der Waals surface area contributed by atoms with Crippen LogP contribution in [-0.4, -0.2) is 33.9 Å². The Labute approximate surface area is 90.4 Å². The molecule has 0 amide bonds. The van der Waals surface area contributed by atoms with Crippen molar-refractivity contribution in [1.82, 2.24) is 0 Å². The topological polar surface area (TPSA) is 26.3 Å². The molecule has 2 rings (SSSR count). The summed E-state index contributed by atoms with van der Waals surface area (Å²) in [6.07, 6.45) is 0. The van der Waals surface area contributed by atoms with Crippen LogP contribution in [0.3, 0.4) is 0 Å². The van der Waals surface area contributed by atoms with Crippen molar-refractivity contribution in [1.29, 1.82) is 0 Å². The van der Waals surface area contributed by atoms with E-state index in [4.69, 9.17) is 4.74 Å². The van der Waals surface area contributed by atoms with Gasteiger partial charge in [-0.2, -0.15) is 0 Å². The number of ketones is 1. The molecule has 0 N–H and O–H groups in total. The second kappa shape index (κ2) is 2.74. The third-order valence-corrected chi connectivity index (χ3v) is 3.35. The third kappa shape index (κ3) is 1.27. The molecule has 0 saturated carbocycles. The average molecular weight is 280 g/mol. The van der Waals surface area contributed by atoms with E-state index in [2.05, 4.69) is 0 Å². The van der Waals surface area contributed by atoms with Gasteiger partial charge in [-0.3, -0.25) is 0 Å². The summed E-state index contributed by atoms with van der Waals surface area (Å²) in [6.45, 7) is 3.62. The van der Waals surface area contributed by atoms with Gasteiger partial charge in [0.05, 0.1) is 0 Å². The van der Waals surface area contributed by atoms with Gasteiger partial charge in [0.1, 0.15) is 0 Å². The predicted molar refractivity (Wildman–Crippen MR) is 50.9 cm³/mol. The average Bonchev–Trinajstić information content (AvgIpc) is 2.24. The van der Waals surface area contributed by atoms with Crippen molar-refractivity contribution >= 4 is 31.9 Å². The van der Waals surface area contributed by atoms with Gasteiger partial charge in [-0.05, 0) is 0 Å². The molecule has 0 saturated heterocycles. The summed E-state index contributed by atoms with van der Waals surface area (Å²) in [7, 11) is 0. The maximum atomic E-state index is 11.8. The quantitative estimate of drug-likeness (QED) is 0.658. The van der Waals surface area contributed by atoms with Crippen molar-refractivity contribution in [2.45, 2.75) is 19.4 Å².